The lowest BCUT2D eigenvalue weighted by atomic mass is 9.79. The van der Waals surface area contributed by atoms with Crippen LogP contribution in [0.15, 0.2) is 48.5 Å². The number of hydrogen-bond acceptors (Lipinski definition) is 5. The zero-order chi connectivity index (χ0) is 20.3. The summed E-state index contributed by atoms with van der Waals surface area (Å²) in [5.74, 6) is -3.12. The van der Waals surface area contributed by atoms with E-state index >= 15 is 0 Å². The molecular weight excluding hydrogens is 384 g/mol. The summed E-state index contributed by atoms with van der Waals surface area (Å²) >= 11 is 5.86. The van der Waals surface area contributed by atoms with Crippen molar-refractivity contribution >= 4 is 35.2 Å². The molecule has 1 fully saturated rings. The minimum Gasteiger partial charge on any atom is -0.497 e. The van der Waals surface area contributed by atoms with Crippen molar-refractivity contribution in [3.63, 3.8) is 0 Å². The van der Waals surface area contributed by atoms with Crippen LogP contribution in [0, 0.1) is 5.92 Å². The molecule has 0 bridgehead atoms. The first-order valence-electron chi connectivity index (χ1n) is 8.47. The van der Waals surface area contributed by atoms with Crippen LogP contribution in [0.4, 0.5) is 4.79 Å². The number of Topliss-reactive ketones (excluding diaryl/α,β-unsaturated/α-hetero) is 1. The Kier molecular flexibility index (Phi) is 5.75. The van der Waals surface area contributed by atoms with Gasteiger partial charge in [0.1, 0.15) is 11.7 Å². The van der Waals surface area contributed by atoms with Gasteiger partial charge in [0.25, 0.3) is 0 Å². The Labute approximate surface area is 166 Å². The number of methoxy groups -OCH3 is 1. The zero-order valence-corrected chi connectivity index (χ0v) is 15.7. The van der Waals surface area contributed by atoms with Gasteiger partial charge in [-0.1, -0.05) is 23.7 Å². The Hall–Kier alpha value is -3.19. The van der Waals surface area contributed by atoms with E-state index in [4.69, 9.17) is 16.3 Å². The number of urea groups is 1. The Morgan fingerprint density at radius 2 is 1.57 bits per heavy atom. The van der Waals surface area contributed by atoms with Crippen LogP contribution in [0.25, 0.3) is 0 Å². The van der Waals surface area contributed by atoms with Gasteiger partial charge in [-0.25, -0.2) is 4.79 Å². The van der Waals surface area contributed by atoms with Crippen LogP contribution in [-0.4, -0.2) is 30.7 Å². The molecule has 1 atom stereocenters. The van der Waals surface area contributed by atoms with Crippen LogP contribution in [0.1, 0.15) is 28.3 Å². The van der Waals surface area contributed by atoms with Crippen LogP contribution in [0.5, 0.6) is 5.75 Å². The SMILES string of the molecule is COc1ccc(C(CC(=O)c2ccc(Cl)cc2)C2C(=O)NC(=O)NC2=O)cc1. The predicted molar refractivity (Wildman–Crippen MR) is 101 cm³/mol. The van der Waals surface area contributed by atoms with E-state index in [1.807, 2.05) is 0 Å². The Balaban J connectivity index is 1.94. The summed E-state index contributed by atoms with van der Waals surface area (Å²) in [5, 5.41) is 4.67. The van der Waals surface area contributed by atoms with E-state index in [-0.39, 0.29) is 12.2 Å². The minimum absolute atomic E-state index is 0.104. The number of ether oxygens (including phenoxy) is 1. The number of amides is 4. The summed E-state index contributed by atoms with van der Waals surface area (Å²) in [6.45, 7) is 0. The first-order valence-corrected chi connectivity index (χ1v) is 8.85. The highest BCUT2D eigenvalue weighted by molar-refractivity contribution is 6.30. The maximum Gasteiger partial charge on any atom is 0.328 e. The van der Waals surface area contributed by atoms with Gasteiger partial charge in [0.05, 0.1) is 7.11 Å². The molecule has 2 N–H and O–H groups in total. The van der Waals surface area contributed by atoms with Crippen LogP contribution in [0.3, 0.4) is 0 Å². The number of carbonyl (C=O) groups excluding carboxylic acids is 4. The third-order valence-corrected chi connectivity index (χ3v) is 4.81. The molecule has 0 saturated carbocycles. The Bertz CT molecular complexity index is 905. The van der Waals surface area contributed by atoms with Crippen molar-refractivity contribution in [1.82, 2.24) is 10.6 Å². The van der Waals surface area contributed by atoms with Crippen molar-refractivity contribution in [2.75, 3.05) is 7.11 Å². The molecule has 8 heteroatoms. The summed E-state index contributed by atoms with van der Waals surface area (Å²) in [6.07, 6.45) is -0.104. The van der Waals surface area contributed by atoms with Gasteiger partial charge in [-0.05, 0) is 42.0 Å². The lowest BCUT2D eigenvalue weighted by molar-refractivity contribution is -0.136. The van der Waals surface area contributed by atoms with Crippen molar-refractivity contribution in [2.24, 2.45) is 5.92 Å². The number of carbonyl (C=O) groups is 4. The van der Waals surface area contributed by atoms with Gasteiger partial charge in [-0.2, -0.15) is 0 Å². The second kappa shape index (κ2) is 8.22. The second-order valence-electron chi connectivity index (χ2n) is 6.30. The van der Waals surface area contributed by atoms with Gasteiger partial charge in [0, 0.05) is 22.9 Å². The minimum atomic E-state index is -1.22. The first-order chi connectivity index (χ1) is 13.4. The largest absolute Gasteiger partial charge is 0.497 e. The number of rotatable bonds is 6. The van der Waals surface area contributed by atoms with Crippen LogP contribution in [0.2, 0.25) is 5.02 Å². The van der Waals surface area contributed by atoms with Gasteiger partial charge in [-0.3, -0.25) is 25.0 Å². The van der Waals surface area contributed by atoms with E-state index in [1.54, 1.807) is 48.5 Å². The number of imide groups is 2. The first kappa shape index (κ1) is 19.6. The molecule has 7 nitrogen and oxygen atoms in total. The van der Waals surface area contributed by atoms with Crippen LogP contribution >= 0.6 is 11.6 Å². The highest BCUT2D eigenvalue weighted by atomic mass is 35.5. The quantitative estimate of drug-likeness (QED) is 0.573. The molecule has 144 valence electrons. The number of barbiturate groups is 1. The molecule has 3 rings (SSSR count). The topological polar surface area (TPSA) is 102 Å². The van der Waals surface area contributed by atoms with Gasteiger partial charge < -0.3 is 4.74 Å². The predicted octanol–water partition coefficient (Wildman–Crippen LogP) is 2.69. The number of nitrogens with one attached hydrogen (secondary N) is 2. The monoisotopic (exact) mass is 400 g/mol. The zero-order valence-electron chi connectivity index (χ0n) is 14.9. The summed E-state index contributed by atoms with van der Waals surface area (Å²) in [4.78, 5) is 48.9. The number of hydrogen-bond donors (Lipinski definition) is 2. The number of ketones is 1. The fourth-order valence-corrected chi connectivity index (χ4v) is 3.25. The van der Waals surface area contributed by atoms with Crippen LogP contribution < -0.4 is 15.4 Å². The third-order valence-electron chi connectivity index (χ3n) is 4.56. The van der Waals surface area contributed by atoms with Gasteiger partial charge in [0.2, 0.25) is 11.8 Å². The summed E-state index contributed by atoms with van der Waals surface area (Å²) in [7, 11) is 1.52. The van der Waals surface area contributed by atoms with Crippen molar-refractivity contribution in [3.8, 4) is 5.75 Å². The average Bonchev–Trinajstić information content (AvgIpc) is 2.67. The molecule has 4 amide bonds. The number of benzene rings is 2. The maximum absolute atomic E-state index is 12.8. The van der Waals surface area contributed by atoms with E-state index in [0.29, 0.717) is 21.9 Å². The van der Waals surface area contributed by atoms with Crippen molar-refractivity contribution in [3.05, 3.63) is 64.7 Å². The Morgan fingerprint density at radius 1 is 1.00 bits per heavy atom. The lowest BCUT2D eigenvalue weighted by Crippen LogP contribution is -2.57. The molecule has 2 aromatic rings. The molecule has 1 aliphatic heterocycles. The third kappa shape index (κ3) is 4.20. The fraction of sp³-hybridized carbons (Fsp3) is 0.200. The van der Waals surface area contributed by atoms with Gasteiger partial charge in [0.15, 0.2) is 5.78 Å². The molecule has 28 heavy (non-hydrogen) atoms. The normalized spacial score (nSPS) is 15.6. The molecule has 0 radical (unpaired) electrons. The highest BCUT2D eigenvalue weighted by Gasteiger charge is 2.41. The van der Waals surface area contributed by atoms with E-state index in [9.17, 15) is 19.2 Å². The number of halogens is 1. The molecule has 1 saturated heterocycles. The van der Waals surface area contributed by atoms with E-state index in [1.165, 1.54) is 7.11 Å². The van der Waals surface area contributed by atoms with Crippen molar-refractivity contribution in [2.45, 2.75) is 12.3 Å². The highest BCUT2D eigenvalue weighted by Crippen LogP contribution is 2.32. The maximum atomic E-state index is 12.8. The van der Waals surface area contributed by atoms with Gasteiger partial charge in [-0.15, -0.1) is 0 Å². The smallest absolute Gasteiger partial charge is 0.328 e. The van der Waals surface area contributed by atoms with Gasteiger partial charge >= 0.3 is 6.03 Å². The van der Waals surface area contributed by atoms with Crippen LogP contribution in [-0.2, 0) is 9.59 Å². The molecule has 2 aromatic carbocycles. The fourth-order valence-electron chi connectivity index (χ4n) is 3.13. The molecule has 0 aliphatic carbocycles. The average molecular weight is 401 g/mol. The Morgan fingerprint density at radius 3 is 2.11 bits per heavy atom. The van der Waals surface area contributed by atoms with E-state index in [0.717, 1.165) is 0 Å². The molecule has 1 unspecified atom stereocenters. The molecule has 1 heterocycles. The standard InChI is InChI=1S/C20H17ClN2O5/c1-28-14-8-4-11(5-9-14)15(17-18(25)22-20(27)23-19(17)26)10-16(24)12-2-6-13(21)7-3-12/h2-9,15,17H,10H2,1H3,(H2,22,23,25,26,27). The lowest BCUT2D eigenvalue weighted by Gasteiger charge is -2.28. The second-order valence-corrected chi connectivity index (χ2v) is 6.74. The summed E-state index contributed by atoms with van der Waals surface area (Å²) in [5.41, 5.74) is 1.02. The van der Waals surface area contributed by atoms with Crippen molar-refractivity contribution < 1.29 is 23.9 Å². The van der Waals surface area contributed by atoms with E-state index in [2.05, 4.69) is 10.6 Å². The molecule has 1 aliphatic rings. The summed E-state index contributed by atoms with van der Waals surface area (Å²) < 4.78 is 5.13. The molecular formula is C20H17ClN2O5. The molecule has 0 aromatic heterocycles. The van der Waals surface area contributed by atoms with Crippen molar-refractivity contribution in [1.29, 1.82) is 0 Å². The summed E-state index contributed by atoms with van der Waals surface area (Å²) in [6, 6.07) is 12.2. The molecule has 0 spiro atoms. The van der Waals surface area contributed by atoms with E-state index < -0.39 is 29.7 Å².